The van der Waals surface area contributed by atoms with E-state index in [2.05, 4.69) is 0 Å². The molecule has 0 aliphatic carbocycles. The summed E-state index contributed by atoms with van der Waals surface area (Å²) in [4.78, 5) is 42.9. The third kappa shape index (κ3) is 3.35. The van der Waals surface area contributed by atoms with Crippen molar-refractivity contribution in [3.63, 3.8) is 0 Å². The number of nitrogens with zero attached hydrogens (tertiary/aromatic N) is 3. The molecule has 7 nitrogen and oxygen atoms in total. The summed E-state index contributed by atoms with van der Waals surface area (Å²) in [5.41, 5.74) is 1.17. The van der Waals surface area contributed by atoms with E-state index in [1.54, 1.807) is 47.8 Å². The molecule has 1 N–H and O–H groups in total. The average molecular weight is 439 g/mol. The molecule has 4 rings (SSSR count). The lowest BCUT2D eigenvalue weighted by Gasteiger charge is -2.38. The van der Waals surface area contributed by atoms with E-state index in [-0.39, 0.29) is 36.1 Å². The van der Waals surface area contributed by atoms with Gasteiger partial charge in [0.15, 0.2) is 0 Å². The van der Waals surface area contributed by atoms with Crippen LogP contribution in [0.25, 0.3) is 6.08 Å². The van der Waals surface area contributed by atoms with Gasteiger partial charge < -0.3 is 19.5 Å². The number of aliphatic hydroxyl groups is 1. The smallest absolute Gasteiger partial charge is 0.258 e. The van der Waals surface area contributed by atoms with E-state index in [0.717, 1.165) is 0 Å². The van der Waals surface area contributed by atoms with Crippen molar-refractivity contribution in [2.75, 3.05) is 20.7 Å². The highest BCUT2D eigenvalue weighted by molar-refractivity contribution is 5.96. The Hall–Kier alpha value is -3.26. The van der Waals surface area contributed by atoms with Crippen molar-refractivity contribution in [3.8, 4) is 0 Å². The number of hydrogen-bond donors (Lipinski definition) is 1. The Balaban J connectivity index is 1.90. The highest BCUT2D eigenvalue weighted by atomic mass is 19.1. The van der Waals surface area contributed by atoms with Gasteiger partial charge in [-0.1, -0.05) is 12.2 Å². The Labute approximate surface area is 185 Å². The molecule has 32 heavy (non-hydrogen) atoms. The first-order valence-electron chi connectivity index (χ1n) is 10.6. The molecule has 1 aromatic heterocycles. The number of amides is 2. The van der Waals surface area contributed by atoms with Crippen molar-refractivity contribution >= 4 is 17.9 Å². The Morgan fingerprint density at radius 2 is 1.88 bits per heavy atom. The first-order chi connectivity index (χ1) is 15.3. The molecule has 2 aromatic rings. The number of aromatic nitrogens is 1. The van der Waals surface area contributed by atoms with Crippen LogP contribution in [-0.2, 0) is 11.3 Å². The van der Waals surface area contributed by atoms with E-state index in [1.807, 2.05) is 6.92 Å². The van der Waals surface area contributed by atoms with Crippen LogP contribution in [0, 0.1) is 17.7 Å². The first-order valence-corrected chi connectivity index (χ1v) is 10.6. The van der Waals surface area contributed by atoms with Crippen LogP contribution in [0.15, 0.2) is 47.3 Å². The third-order valence-corrected chi connectivity index (χ3v) is 6.47. The number of hydrogen-bond acceptors (Lipinski definition) is 4. The number of halogens is 1. The molecule has 1 saturated heterocycles. The summed E-state index contributed by atoms with van der Waals surface area (Å²) in [6.07, 6.45) is 3.50. The second kappa shape index (κ2) is 8.35. The lowest BCUT2D eigenvalue weighted by Crippen LogP contribution is -2.49. The van der Waals surface area contributed by atoms with Gasteiger partial charge in [-0.05, 0) is 43.3 Å². The summed E-state index contributed by atoms with van der Waals surface area (Å²) < 4.78 is 15.0. The molecular formula is C24H26FN3O4. The second-order valence-electron chi connectivity index (χ2n) is 8.47. The minimum atomic E-state index is -0.717. The van der Waals surface area contributed by atoms with Crippen molar-refractivity contribution in [3.05, 3.63) is 75.5 Å². The topological polar surface area (TPSA) is 82.8 Å². The van der Waals surface area contributed by atoms with Gasteiger partial charge in [0.05, 0.1) is 18.0 Å². The molecule has 8 heteroatoms. The Bertz CT molecular complexity index is 1140. The van der Waals surface area contributed by atoms with Crippen LogP contribution in [0.3, 0.4) is 0 Å². The lowest BCUT2D eigenvalue weighted by atomic mass is 9.86. The van der Waals surface area contributed by atoms with Crippen LogP contribution in [0.4, 0.5) is 4.39 Å². The second-order valence-corrected chi connectivity index (χ2v) is 8.47. The van der Waals surface area contributed by atoms with Gasteiger partial charge in [0.2, 0.25) is 5.91 Å². The van der Waals surface area contributed by atoms with Crippen molar-refractivity contribution in [2.45, 2.75) is 25.6 Å². The first kappa shape index (κ1) is 22.0. The maximum atomic E-state index is 13.5. The van der Waals surface area contributed by atoms with Crippen LogP contribution < -0.4 is 5.56 Å². The minimum absolute atomic E-state index is 0.172. The molecule has 0 saturated carbocycles. The number of carbonyl (C=O) groups excluding carboxylic acids is 2. The molecule has 0 spiro atoms. The fourth-order valence-electron chi connectivity index (χ4n) is 5.03. The van der Waals surface area contributed by atoms with Crippen molar-refractivity contribution in [2.24, 2.45) is 11.8 Å². The maximum Gasteiger partial charge on any atom is 0.258 e. The quantitative estimate of drug-likeness (QED) is 0.789. The normalized spacial score (nSPS) is 24.0. The molecule has 3 heterocycles. The fourth-order valence-corrected chi connectivity index (χ4v) is 5.03. The van der Waals surface area contributed by atoms with Crippen LogP contribution in [0.1, 0.15) is 34.6 Å². The zero-order valence-electron chi connectivity index (χ0n) is 18.2. The van der Waals surface area contributed by atoms with Crippen molar-refractivity contribution in [1.82, 2.24) is 14.4 Å². The standard InChI is InChI=1S/C24H26FN3O4/c1-4-5-14-8-11-18-21-20(24(32)26(2)3)17(13-29)19(12-27(18)22(14)30)28(21)23(31)15-6-9-16(25)10-7-15/h4-11,17,19-21,29H,12-13H2,1-3H3/b5-4+/t17-,19-,20+,21+/m0/s1. The van der Waals surface area contributed by atoms with Crippen LogP contribution in [0.5, 0.6) is 0 Å². The van der Waals surface area contributed by atoms with Crippen molar-refractivity contribution in [1.29, 1.82) is 0 Å². The molecule has 0 unspecified atom stereocenters. The Morgan fingerprint density at radius 1 is 1.19 bits per heavy atom. The molecule has 168 valence electrons. The third-order valence-electron chi connectivity index (χ3n) is 6.47. The van der Waals surface area contributed by atoms with Gasteiger partial charge in [0.1, 0.15) is 5.82 Å². The van der Waals surface area contributed by atoms with E-state index in [1.165, 1.54) is 29.2 Å². The number of pyridine rings is 1. The highest BCUT2D eigenvalue weighted by Crippen LogP contribution is 2.49. The van der Waals surface area contributed by atoms with E-state index >= 15 is 0 Å². The van der Waals surface area contributed by atoms with Gasteiger partial charge >= 0.3 is 0 Å². The molecule has 0 radical (unpaired) electrons. The Kier molecular flexibility index (Phi) is 5.73. The molecule has 2 aliphatic rings. The van der Waals surface area contributed by atoms with Crippen LogP contribution in [-0.4, -0.2) is 58.0 Å². The number of carbonyl (C=O) groups is 2. The number of rotatable bonds is 4. The zero-order chi connectivity index (χ0) is 23.2. The molecule has 2 bridgehead atoms. The van der Waals surface area contributed by atoms with E-state index in [4.69, 9.17) is 0 Å². The SMILES string of the molecule is C/C=C/c1ccc2n(c1=O)C[C@H]1[C@H](CO)[C@@H](C(=O)N(C)C)[C@@H]2N1C(=O)c1ccc(F)cc1. The van der Waals surface area contributed by atoms with Gasteiger partial charge in [-0.2, -0.15) is 0 Å². The summed E-state index contributed by atoms with van der Waals surface area (Å²) in [5.74, 6) is -2.27. The van der Waals surface area contributed by atoms with Gasteiger partial charge in [-0.25, -0.2) is 4.39 Å². The van der Waals surface area contributed by atoms with Gasteiger partial charge in [0.25, 0.3) is 11.5 Å². The van der Waals surface area contributed by atoms with E-state index in [9.17, 15) is 23.9 Å². The lowest BCUT2D eigenvalue weighted by molar-refractivity contribution is -0.135. The molecule has 4 atom stereocenters. The predicted octanol–water partition coefficient (Wildman–Crippen LogP) is 1.91. The van der Waals surface area contributed by atoms with Gasteiger partial charge in [-0.15, -0.1) is 0 Å². The van der Waals surface area contributed by atoms with Crippen LogP contribution in [0.2, 0.25) is 0 Å². The minimum Gasteiger partial charge on any atom is -0.396 e. The molecule has 1 aromatic carbocycles. The van der Waals surface area contributed by atoms with Gasteiger partial charge in [-0.3, -0.25) is 14.4 Å². The van der Waals surface area contributed by atoms with Crippen LogP contribution >= 0.6 is 0 Å². The maximum absolute atomic E-state index is 13.5. The summed E-state index contributed by atoms with van der Waals surface area (Å²) in [5, 5.41) is 10.3. The highest BCUT2D eigenvalue weighted by Gasteiger charge is 2.57. The largest absolute Gasteiger partial charge is 0.396 e. The van der Waals surface area contributed by atoms with Crippen molar-refractivity contribution < 1.29 is 19.1 Å². The molecule has 2 aliphatic heterocycles. The number of fused-ring (bicyclic) bond motifs is 4. The number of aliphatic hydroxyl groups excluding tert-OH is 1. The molecule has 1 fully saturated rings. The summed E-state index contributed by atoms with van der Waals surface area (Å²) in [7, 11) is 3.26. The molecular weight excluding hydrogens is 413 g/mol. The zero-order valence-corrected chi connectivity index (χ0v) is 18.2. The number of allylic oxidation sites excluding steroid dienone is 1. The summed E-state index contributed by atoms with van der Waals surface area (Å²) in [6.45, 7) is 1.69. The Morgan fingerprint density at radius 3 is 2.47 bits per heavy atom. The fraction of sp³-hybridized carbons (Fsp3) is 0.375. The summed E-state index contributed by atoms with van der Waals surface area (Å²) in [6, 6.07) is 7.44. The number of benzene rings is 1. The summed E-state index contributed by atoms with van der Waals surface area (Å²) >= 11 is 0. The molecule has 2 amide bonds. The monoisotopic (exact) mass is 439 g/mol. The van der Waals surface area contributed by atoms with Gasteiger partial charge in [0, 0.05) is 50.0 Å². The average Bonchev–Trinajstić information content (AvgIpc) is 3.01. The van der Waals surface area contributed by atoms with E-state index < -0.39 is 29.7 Å². The van der Waals surface area contributed by atoms with E-state index in [0.29, 0.717) is 11.3 Å². The predicted molar refractivity (Wildman–Crippen MR) is 117 cm³/mol.